The van der Waals surface area contributed by atoms with Crippen molar-refractivity contribution in [3.63, 3.8) is 0 Å². The molecular formula is C34H40O6. The molecule has 0 aliphatic heterocycles. The lowest BCUT2D eigenvalue weighted by molar-refractivity contribution is 0.0493. The molecule has 3 rings (SSSR count). The van der Waals surface area contributed by atoms with Crippen LogP contribution >= 0.6 is 0 Å². The van der Waals surface area contributed by atoms with Crippen LogP contribution in [0, 0.1) is 5.41 Å². The maximum absolute atomic E-state index is 13.6. The molecule has 1 aliphatic carbocycles. The summed E-state index contributed by atoms with van der Waals surface area (Å²) in [4.78, 5) is 27.1. The lowest BCUT2D eigenvalue weighted by Crippen LogP contribution is -2.49. The first kappa shape index (κ1) is 30.8. The van der Waals surface area contributed by atoms with Crippen molar-refractivity contribution in [2.75, 3.05) is 13.2 Å². The van der Waals surface area contributed by atoms with Gasteiger partial charge in [-0.3, -0.25) is 9.59 Å². The largest absolute Gasteiger partial charge is 0.494 e. The maximum atomic E-state index is 13.6. The van der Waals surface area contributed by atoms with E-state index in [1.54, 1.807) is 48.5 Å². The van der Waals surface area contributed by atoms with Gasteiger partial charge in [0.2, 0.25) is 11.6 Å². The zero-order chi connectivity index (χ0) is 29.4. The summed E-state index contributed by atoms with van der Waals surface area (Å²) in [5, 5.41) is 23.1. The Balaban J connectivity index is 1.83. The average Bonchev–Trinajstić information content (AvgIpc) is 2.94. The van der Waals surface area contributed by atoms with Gasteiger partial charge in [-0.1, -0.05) is 32.9 Å². The molecule has 0 saturated heterocycles. The Kier molecular flexibility index (Phi) is 10.1. The van der Waals surface area contributed by atoms with E-state index in [0.29, 0.717) is 24.7 Å². The summed E-state index contributed by atoms with van der Waals surface area (Å²) in [5.41, 5.74) is -4.04. The number of aliphatic hydroxyl groups is 2. The van der Waals surface area contributed by atoms with Crippen molar-refractivity contribution in [2.45, 2.75) is 57.7 Å². The van der Waals surface area contributed by atoms with Crippen LogP contribution in [0.15, 0.2) is 97.6 Å². The zero-order valence-corrected chi connectivity index (χ0v) is 23.7. The van der Waals surface area contributed by atoms with Crippen molar-refractivity contribution in [1.29, 1.82) is 0 Å². The van der Waals surface area contributed by atoms with Crippen molar-refractivity contribution >= 4 is 11.6 Å². The van der Waals surface area contributed by atoms with Gasteiger partial charge >= 0.3 is 0 Å². The Morgan fingerprint density at radius 1 is 0.775 bits per heavy atom. The number of benzene rings is 2. The number of hydrogen-bond acceptors (Lipinski definition) is 6. The normalized spacial score (nSPS) is 20.4. The minimum Gasteiger partial charge on any atom is -0.494 e. The highest BCUT2D eigenvalue weighted by molar-refractivity contribution is 6.09. The van der Waals surface area contributed by atoms with E-state index in [2.05, 4.69) is 13.2 Å². The first-order valence-electron chi connectivity index (χ1n) is 13.6. The fourth-order valence-electron chi connectivity index (χ4n) is 4.53. The molecular weight excluding hydrogens is 504 g/mol. The Morgan fingerprint density at radius 2 is 1.23 bits per heavy atom. The second kappa shape index (κ2) is 13.1. The number of ketones is 2. The number of hydrogen-bond donors (Lipinski definition) is 2. The Morgan fingerprint density at radius 3 is 1.65 bits per heavy atom. The highest BCUT2D eigenvalue weighted by atomic mass is 16.5. The minimum absolute atomic E-state index is 0.232. The van der Waals surface area contributed by atoms with E-state index in [4.69, 9.17) is 9.47 Å². The van der Waals surface area contributed by atoms with E-state index in [1.807, 2.05) is 32.9 Å². The van der Waals surface area contributed by atoms with Crippen molar-refractivity contribution in [1.82, 2.24) is 0 Å². The quantitative estimate of drug-likeness (QED) is 0.161. The first-order valence-corrected chi connectivity index (χ1v) is 13.6. The van der Waals surface area contributed by atoms with Gasteiger partial charge in [0.25, 0.3) is 0 Å². The van der Waals surface area contributed by atoms with Gasteiger partial charge in [-0.25, -0.2) is 0 Å². The topological polar surface area (TPSA) is 93.1 Å². The molecule has 40 heavy (non-hydrogen) atoms. The summed E-state index contributed by atoms with van der Waals surface area (Å²) in [6.07, 6.45) is 10.8. The third-order valence-electron chi connectivity index (χ3n) is 6.75. The molecule has 2 aromatic carbocycles. The van der Waals surface area contributed by atoms with Crippen molar-refractivity contribution in [2.24, 2.45) is 5.41 Å². The predicted octanol–water partition coefficient (Wildman–Crippen LogP) is 6.45. The summed E-state index contributed by atoms with van der Waals surface area (Å²) in [7, 11) is 0. The van der Waals surface area contributed by atoms with Crippen LogP contribution in [0.2, 0.25) is 0 Å². The van der Waals surface area contributed by atoms with E-state index in [1.165, 1.54) is 18.2 Å². The molecule has 0 fully saturated rings. The van der Waals surface area contributed by atoms with E-state index in [9.17, 15) is 19.8 Å². The number of unbranched alkanes of at least 4 members (excludes halogenated alkanes) is 2. The molecule has 0 bridgehead atoms. The van der Waals surface area contributed by atoms with Crippen LogP contribution in [-0.2, 0) is 0 Å². The summed E-state index contributed by atoms with van der Waals surface area (Å²) in [6, 6.07) is 13.1. The van der Waals surface area contributed by atoms with Crippen molar-refractivity contribution in [3.05, 3.63) is 109 Å². The summed E-state index contributed by atoms with van der Waals surface area (Å²) in [5.74, 6) is 0.101. The second-order valence-corrected chi connectivity index (χ2v) is 11.0. The van der Waals surface area contributed by atoms with Gasteiger partial charge in [0.15, 0.2) is 11.2 Å². The molecule has 0 spiro atoms. The van der Waals surface area contributed by atoms with Crippen LogP contribution in [0.25, 0.3) is 0 Å². The molecule has 0 radical (unpaired) electrons. The number of rotatable bonds is 14. The fraction of sp³-hybridized carbons (Fsp3) is 0.353. The summed E-state index contributed by atoms with van der Waals surface area (Å²) >= 11 is 0. The maximum Gasteiger partial charge on any atom is 0.202 e. The standard InChI is InChI=1S/C34H40O6/c1-6-8-10-22-39-27-16-12-25(13-17-27)30(35)33(37)20-21-34(38,29(24-33)32(3,4)5)31(36)26-14-18-28(19-15-26)40-23-11-9-7-2/h6-7,12-21,24,37-38H,1-2,8-11,22-23H2,3-5H3. The molecule has 212 valence electrons. The van der Waals surface area contributed by atoms with Gasteiger partial charge in [0, 0.05) is 11.1 Å². The number of Topliss-reactive ketones (excluding diaryl/α,β-unsaturated/α-hetero) is 2. The Hall–Kier alpha value is -3.74. The van der Waals surface area contributed by atoms with E-state index < -0.39 is 28.2 Å². The van der Waals surface area contributed by atoms with Crippen LogP contribution in [0.3, 0.4) is 0 Å². The number of allylic oxidation sites excluding steroid dienone is 2. The highest BCUT2D eigenvalue weighted by Crippen LogP contribution is 2.42. The second-order valence-electron chi connectivity index (χ2n) is 11.0. The Labute approximate surface area is 237 Å². The monoisotopic (exact) mass is 544 g/mol. The van der Waals surface area contributed by atoms with Crippen LogP contribution in [0.5, 0.6) is 11.5 Å². The molecule has 2 atom stereocenters. The van der Waals surface area contributed by atoms with Crippen LogP contribution < -0.4 is 9.47 Å². The van der Waals surface area contributed by atoms with Crippen molar-refractivity contribution in [3.8, 4) is 11.5 Å². The van der Waals surface area contributed by atoms with Crippen LogP contribution in [0.1, 0.15) is 67.2 Å². The molecule has 2 unspecified atom stereocenters. The highest BCUT2D eigenvalue weighted by Gasteiger charge is 2.49. The SMILES string of the molecule is C=CCCCOc1ccc(C(=O)C2(O)C=CC(O)(C(=O)c3ccc(OCCCC=C)cc3)C(C(C)(C)C)=C2)cc1. The third-order valence-corrected chi connectivity index (χ3v) is 6.75. The smallest absolute Gasteiger partial charge is 0.202 e. The van der Waals surface area contributed by atoms with Gasteiger partial charge in [-0.15, -0.1) is 13.2 Å². The first-order chi connectivity index (χ1) is 18.9. The van der Waals surface area contributed by atoms with Gasteiger partial charge < -0.3 is 19.7 Å². The van der Waals surface area contributed by atoms with Gasteiger partial charge in [-0.2, -0.15) is 0 Å². The van der Waals surface area contributed by atoms with E-state index in [-0.39, 0.29) is 16.7 Å². The molecule has 0 saturated carbocycles. The zero-order valence-electron chi connectivity index (χ0n) is 23.7. The van der Waals surface area contributed by atoms with E-state index in [0.717, 1.165) is 25.7 Å². The molecule has 1 aliphatic rings. The lowest BCUT2D eigenvalue weighted by atomic mass is 9.67. The minimum atomic E-state index is -2.04. The van der Waals surface area contributed by atoms with Crippen LogP contribution in [-0.4, -0.2) is 46.2 Å². The molecule has 6 nitrogen and oxygen atoms in total. The van der Waals surface area contributed by atoms with E-state index >= 15 is 0 Å². The van der Waals surface area contributed by atoms with Gasteiger partial charge in [0.05, 0.1) is 13.2 Å². The molecule has 0 amide bonds. The lowest BCUT2D eigenvalue weighted by Gasteiger charge is -2.40. The molecule has 6 heteroatoms. The average molecular weight is 545 g/mol. The van der Waals surface area contributed by atoms with Crippen LogP contribution in [0.4, 0.5) is 0 Å². The predicted molar refractivity (Wildman–Crippen MR) is 158 cm³/mol. The summed E-state index contributed by atoms with van der Waals surface area (Å²) < 4.78 is 11.4. The van der Waals surface area contributed by atoms with Gasteiger partial charge in [-0.05, 0) is 103 Å². The molecule has 2 aromatic rings. The van der Waals surface area contributed by atoms with Crippen molar-refractivity contribution < 1.29 is 29.3 Å². The number of ether oxygens (including phenoxy) is 2. The fourth-order valence-corrected chi connectivity index (χ4v) is 4.53. The molecule has 2 N–H and O–H groups in total. The third kappa shape index (κ3) is 7.26. The number of carbonyl (C=O) groups excluding carboxylic acids is 2. The Bertz CT molecular complexity index is 1260. The summed E-state index contributed by atoms with van der Waals surface area (Å²) in [6.45, 7) is 13.9. The molecule has 0 heterocycles. The molecule has 0 aromatic heterocycles. The van der Waals surface area contributed by atoms with Gasteiger partial charge in [0.1, 0.15) is 11.5 Å². The number of carbonyl (C=O) groups is 2.